The van der Waals surface area contributed by atoms with Gasteiger partial charge in [-0.15, -0.1) is 0 Å². The van der Waals surface area contributed by atoms with Crippen molar-refractivity contribution in [2.24, 2.45) is 11.8 Å². The highest BCUT2D eigenvalue weighted by atomic mass is 31.0. The van der Waals surface area contributed by atoms with Crippen molar-refractivity contribution in [1.82, 2.24) is 0 Å². The average molecular weight is 545 g/mol. The third-order valence-corrected chi connectivity index (χ3v) is 8.26. The van der Waals surface area contributed by atoms with Crippen molar-refractivity contribution in [3.63, 3.8) is 0 Å². The first-order valence-electron chi connectivity index (χ1n) is 14.1. The summed E-state index contributed by atoms with van der Waals surface area (Å²) in [6.45, 7) is 11.5. The number of hydrogen-bond donors (Lipinski definition) is 0. The first-order valence-corrected chi connectivity index (χ1v) is 14.6. The fourth-order valence-electron chi connectivity index (χ4n) is 5.73. The van der Waals surface area contributed by atoms with E-state index in [1.54, 1.807) is 0 Å². The van der Waals surface area contributed by atoms with Gasteiger partial charge in [0, 0.05) is 27.9 Å². The fourth-order valence-corrected chi connectivity index (χ4v) is 5.98. The Morgan fingerprint density at radius 3 is 2.79 bits per heavy atom. The summed E-state index contributed by atoms with van der Waals surface area (Å²) in [6, 6.07) is 0. The van der Waals surface area contributed by atoms with Crippen molar-refractivity contribution in [1.29, 1.82) is 0 Å². The minimum atomic E-state index is -0.335. The molecule has 0 saturated carbocycles. The van der Waals surface area contributed by atoms with Gasteiger partial charge in [0.2, 0.25) is 0 Å². The molecular weight excluding hydrogens is 499 g/mol. The van der Waals surface area contributed by atoms with E-state index in [9.17, 15) is 4.79 Å². The molecule has 6 nitrogen and oxygen atoms in total. The zero-order valence-corrected chi connectivity index (χ0v) is 24.3. The van der Waals surface area contributed by atoms with Crippen LogP contribution in [0, 0.1) is 11.8 Å². The third-order valence-electron chi connectivity index (χ3n) is 7.91. The van der Waals surface area contributed by atoms with E-state index in [0.29, 0.717) is 25.4 Å². The zero-order chi connectivity index (χ0) is 27.1. The Labute approximate surface area is 230 Å². The number of ether oxygens (including phenoxy) is 4. The van der Waals surface area contributed by atoms with Gasteiger partial charge in [-0.3, -0.25) is 0 Å². The number of epoxide rings is 1. The van der Waals surface area contributed by atoms with E-state index in [1.807, 2.05) is 6.08 Å². The quantitative estimate of drug-likeness (QED) is 0.182. The van der Waals surface area contributed by atoms with Crippen LogP contribution < -0.4 is 0 Å². The molecule has 0 radical (unpaired) electrons. The molecule has 210 valence electrons. The van der Waals surface area contributed by atoms with E-state index >= 15 is 0 Å². The Balaban J connectivity index is 1.46. The number of carbonyl (C=O) groups is 1. The highest BCUT2D eigenvalue weighted by molar-refractivity contribution is 7.09. The first kappa shape index (κ1) is 29.4. The third kappa shape index (κ3) is 8.99. The lowest BCUT2D eigenvalue weighted by atomic mass is 9.90. The second-order valence-corrected chi connectivity index (χ2v) is 11.8. The van der Waals surface area contributed by atoms with Gasteiger partial charge in [-0.2, -0.15) is 0 Å². The lowest BCUT2D eigenvalue weighted by Gasteiger charge is -2.28. The molecule has 0 aliphatic carbocycles. The Morgan fingerprint density at radius 2 is 2.00 bits per heavy atom. The number of esters is 1. The molecule has 4 aliphatic rings. The monoisotopic (exact) mass is 544 g/mol. The number of fused-ring (bicyclic) bond motifs is 3. The van der Waals surface area contributed by atoms with Crippen LogP contribution in [0.3, 0.4) is 0 Å². The molecular formula is C31H45O6P. The lowest BCUT2D eigenvalue weighted by molar-refractivity contribution is -0.145. The molecule has 0 aromatic heterocycles. The van der Waals surface area contributed by atoms with E-state index in [1.165, 1.54) is 17.2 Å². The number of rotatable bonds is 4. The van der Waals surface area contributed by atoms with Crippen LogP contribution in [0.15, 0.2) is 60.3 Å². The van der Waals surface area contributed by atoms with Crippen LogP contribution in [0.2, 0.25) is 0 Å². The molecule has 4 aliphatic heterocycles. The number of carbonyl (C=O) groups excluding carboxylic acids is 1. The molecule has 2 bridgehead atoms. The Kier molecular flexibility index (Phi) is 11.0. The van der Waals surface area contributed by atoms with Crippen molar-refractivity contribution in [2.45, 2.75) is 108 Å². The standard InChI is InChI=1S/C31H45O6P/c1-20-13-14-33-25(16-20)12-11-23(4)27-19-28-31(36-28)29(37-38)18-22(3)15-21(2)17-26-9-5-7-24(34-26)8-6-10-30(32)35-27/h5-7,10-13,21,23-29,31H,3,8-9,14-19,38H2,1-2,4H3/b10-6-,12-11+/t21-,23-,24-,25+,26-,27-,28-,29-,31+/m0/s1. The predicted molar refractivity (Wildman–Crippen MR) is 152 cm³/mol. The van der Waals surface area contributed by atoms with Crippen LogP contribution in [0.1, 0.15) is 65.7 Å². The molecule has 1 fully saturated rings. The molecule has 7 heteroatoms. The maximum atomic E-state index is 12.8. The van der Waals surface area contributed by atoms with E-state index in [0.717, 1.165) is 32.1 Å². The zero-order valence-electron chi connectivity index (χ0n) is 23.1. The van der Waals surface area contributed by atoms with Gasteiger partial charge in [-0.05, 0) is 51.4 Å². The largest absolute Gasteiger partial charge is 0.459 e. The van der Waals surface area contributed by atoms with Crippen LogP contribution >= 0.6 is 9.47 Å². The van der Waals surface area contributed by atoms with Gasteiger partial charge in [-0.25, -0.2) is 4.79 Å². The van der Waals surface area contributed by atoms with Crippen LogP contribution in [0.25, 0.3) is 0 Å². The molecule has 0 amide bonds. The topological polar surface area (TPSA) is 66.5 Å². The smallest absolute Gasteiger partial charge is 0.330 e. The molecule has 0 N–H and O–H groups in total. The Hall–Kier alpha value is -1.56. The maximum Gasteiger partial charge on any atom is 0.330 e. The van der Waals surface area contributed by atoms with Crippen molar-refractivity contribution >= 4 is 15.4 Å². The lowest BCUT2D eigenvalue weighted by Crippen LogP contribution is -2.28. The minimum absolute atomic E-state index is 0.00848. The van der Waals surface area contributed by atoms with Gasteiger partial charge in [0.25, 0.3) is 0 Å². The normalized spacial score (nSPS) is 38.9. The van der Waals surface area contributed by atoms with Gasteiger partial charge in [0.05, 0.1) is 37.1 Å². The Morgan fingerprint density at radius 1 is 1.16 bits per heavy atom. The molecule has 0 aromatic carbocycles. The highest BCUT2D eigenvalue weighted by Gasteiger charge is 2.47. The van der Waals surface area contributed by atoms with Crippen molar-refractivity contribution in [2.75, 3.05) is 6.61 Å². The van der Waals surface area contributed by atoms with Crippen LogP contribution in [0.5, 0.6) is 0 Å². The van der Waals surface area contributed by atoms with Gasteiger partial charge in [0.15, 0.2) is 0 Å². The second kappa shape index (κ2) is 14.2. The van der Waals surface area contributed by atoms with Crippen molar-refractivity contribution in [3.8, 4) is 0 Å². The summed E-state index contributed by atoms with van der Waals surface area (Å²) in [7, 11) is 2.40. The number of cyclic esters (lactones) is 1. The SMILES string of the molecule is C=C1C[C@H](C)C[C@@H]2CC=C[C@@H](C/C=C\C(=O)O[C@H]([C@@H](C)/C=C/[C@@H]3CC(C)=CCO3)C[C@@H]3O[C@H]3[C@@H](OP)C1)O2. The molecule has 0 aromatic rings. The van der Waals surface area contributed by atoms with Gasteiger partial charge < -0.3 is 23.5 Å². The summed E-state index contributed by atoms with van der Waals surface area (Å²) < 4.78 is 30.0. The van der Waals surface area contributed by atoms with Gasteiger partial charge >= 0.3 is 5.97 Å². The Bertz CT molecular complexity index is 939. The van der Waals surface area contributed by atoms with Gasteiger partial charge in [-0.1, -0.05) is 68.0 Å². The summed E-state index contributed by atoms with van der Waals surface area (Å²) in [5, 5.41) is 0. The molecule has 1 unspecified atom stereocenters. The summed E-state index contributed by atoms with van der Waals surface area (Å²) >= 11 is 0. The van der Waals surface area contributed by atoms with Crippen molar-refractivity contribution < 1.29 is 28.3 Å². The van der Waals surface area contributed by atoms with Crippen molar-refractivity contribution in [3.05, 3.63) is 60.3 Å². The predicted octanol–water partition coefficient (Wildman–Crippen LogP) is 6.19. The molecule has 4 rings (SSSR count). The fraction of sp³-hybridized carbons (Fsp3) is 0.645. The van der Waals surface area contributed by atoms with Crippen LogP contribution in [-0.4, -0.2) is 55.3 Å². The molecule has 1 saturated heterocycles. The molecule has 38 heavy (non-hydrogen) atoms. The van der Waals surface area contributed by atoms with Crippen LogP contribution in [0.4, 0.5) is 0 Å². The summed E-state index contributed by atoms with van der Waals surface area (Å²) in [4.78, 5) is 12.8. The summed E-state index contributed by atoms with van der Waals surface area (Å²) in [5.74, 6) is 0.141. The minimum Gasteiger partial charge on any atom is -0.459 e. The molecule has 10 atom stereocenters. The maximum absolute atomic E-state index is 12.8. The van der Waals surface area contributed by atoms with Gasteiger partial charge in [0.1, 0.15) is 12.2 Å². The second-order valence-electron chi connectivity index (χ2n) is 11.5. The average Bonchev–Trinajstić information content (AvgIpc) is 3.64. The van der Waals surface area contributed by atoms with E-state index in [-0.39, 0.29) is 54.6 Å². The number of hydrogen-bond acceptors (Lipinski definition) is 6. The first-order chi connectivity index (χ1) is 18.3. The molecule has 4 heterocycles. The van der Waals surface area contributed by atoms with E-state index in [2.05, 4.69) is 67.2 Å². The van der Waals surface area contributed by atoms with Crippen LogP contribution in [-0.2, 0) is 28.3 Å². The molecule has 0 spiro atoms. The summed E-state index contributed by atoms with van der Waals surface area (Å²) in [5.41, 5.74) is 2.50. The van der Waals surface area contributed by atoms with E-state index < -0.39 is 0 Å². The van der Waals surface area contributed by atoms with E-state index in [4.69, 9.17) is 23.5 Å². The summed E-state index contributed by atoms with van der Waals surface area (Å²) in [6.07, 6.45) is 19.5. The highest BCUT2D eigenvalue weighted by Crippen LogP contribution is 2.37.